The van der Waals surface area contributed by atoms with Gasteiger partial charge in [-0.15, -0.1) is 11.3 Å². The average Bonchev–Trinajstić information content (AvgIpc) is 3.02. The zero-order valence-electron chi connectivity index (χ0n) is 15.1. The Balaban J connectivity index is 1.53. The van der Waals surface area contributed by atoms with Gasteiger partial charge < -0.3 is 15.0 Å². The van der Waals surface area contributed by atoms with E-state index in [-0.39, 0.29) is 11.6 Å². The van der Waals surface area contributed by atoms with Crippen molar-refractivity contribution in [2.45, 2.75) is 25.9 Å². The van der Waals surface area contributed by atoms with Crippen molar-refractivity contribution in [3.05, 3.63) is 29.3 Å². The van der Waals surface area contributed by atoms with Crippen molar-refractivity contribution in [1.82, 2.24) is 20.1 Å². The summed E-state index contributed by atoms with van der Waals surface area (Å²) in [6, 6.07) is 7.98. The molecule has 2 amide bonds. The third-order valence-corrected chi connectivity index (χ3v) is 5.62. The molecule has 0 saturated carbocycles. The van der Waals surface area contributed by atoms with Gasteiger partial charge in [0.25, 0.3) is 0 Å². The van der Waals surface area contributed by atoms with Gasteiger partial charge in [0.05, 0.1) is 30.0 Å². The number of para-hydroxylation sites is 1. The zero-order chi connectivity index (χ0) is 17.9. The van der Waals surface area contributed by atoms with Gasteiger partial charge in [-0.1, -0.05) is 12.1 Å². The van der Waals surface area contributed by atoms with Crippen LogP contribution in [-0.4, -0.2) is 66.2 Å². The van der Waals surface area contributed by atoms with Crippen LogP contribution in [0.15, 0.2) is 24.3 Å². The molecule has 1 aromatic heterocycles. The van der Waals surface area contributed by atoms with Crippen LogP contribution in [0.1, 0.15) is 18.9 Å². The molecular weight excluding hydrogens is 336 g/mol. The van der Waals surface area contributed by atoms with E-state index in [2.05, 4.69) is 35.1 Å². The molecule has 1 N–H and O–H groups in total. The van der Waals surface area contributed by atoms with Crippen LogP contribution in [0.25, 0.3) is 10.2 Å². The molecule has 2 heterocycles. The van der Waals surface area contributed by atoms with Gasteiger partial charge in [-0.25, -0.2) is 9.78 Å². The molecule has 1 fully saturated rings. The van der Waals surface area contributed by atoms with Crippen molar-refractivity contribution in [3.8, 4) is 0 Å². The van der Waals surface area contributed by atoms with Crippen LogP contribution in [0.4, 0.5) is 4.79 Å². The molecule has 136 valence electrons. The smallest absolute Gasteiger partial charge is 0.317 e. The highest BCUT2D eigenvalue weighted by atomic mass is 32.1. The highest BCUT2D eigenvalue weighted by molar-refractivity contribution is 7.18. The van der Waals surface area contributed by atoms with Gasteiger partial charge in [0.1, 0.15) is 5.01 Å². The van der Waals surface area contributed by atoms with Crippen molar-refractivity contribution in [1.29, 1.82) is 0 Å². The number of morpholine rings is 1. The highest BCUT2D eigenvalue weighted by Crippen LogP contribution is 2.22. The Hall–Kier alpha value is -1.70. The summed E-state index contributed by atoms with van der Waals surface area (Å²) in [6.45, 7) is 8.77. The first-order valence-corrected chi connectivity index (χ1v) is 9.43. The lowest BCUT2D eigenvalue weighted by molar-refractivity contribution is -0.00900. The molecule has 25 heavy (non-hydrogen) atoms. The normalized spacial score (nSPS) is 16.1. The largest absolute Gasteiger partial charge is 0.379 e. The minimum atomic E-state index is -0.0872. The first-order valence-electron chi connectivity index (χ1n) is 8.62. The van der Waals surface area contributed by atoms with Crippen LogP contribution in [0, 0.1) is 0 Å². The molecule has 6 nitrogen and oxygen atoms in total. The van der Waals surface area contributed by atoms with Crippen LogP contribution in [0.5, 0.6) is 0 Å². The molecule has 0 bridgehead atoms. The fourth-order valence-electron chi connectivity index (χ4n) is 2.97. The number of rotatable bonds is 5. The summed E-state index contributed by atoms with van der Waals surface area (Å²) in [4.78, 5) is 21.1. The van der Waals surface area contributed by atoms with E-state index in [9.17, 15) is 4.79 Å². The van der Waals surface area contributed by atoms with Crippen LogP contribution >= 0.6 is 11.3 Å². The molecule has 3 rings (SSSR count). The van der Waals surface area contributed by atoms with Gasteiger partial charge in [0, 0.05) is 32.2 Å². The number of hydrogen-bond donors (Lipinski definition) is 1. The van der Waals surface area contributed by atoms with Gasteiger partial charge in [0.2, 0.25) is 0 Å². The van der Waals surface area contributed by atoms with E-state index in [4.69, 9.17) is 4.74 Å². The van der Waals surface area contributed by atoms with Crippen molar-refractivity contribution in [3.63, 3.8) is 0 Å². The fraction of sp³-hybridized carbons (Fsp3) is 0.556. The van der Waals surface area contributed by atoms with E-state index in [1.165, 1.54) is 0 Å². The molecule has 7 heteroatoms. The second-order valence-corrected chi connectivity index (χ2v) is 8.12. The number of carbonyl (C=O) groups is 1. The first kappa shape index (κ1) is 18.1. The van der Waals surface area contributed by atoms with Crippen molar-refractivity contribution in [2.24, 2.45) is 0 Å². The number of nitrogens with one attached hydrogen (secondary N) is 1. The molecule has 0 radical (unpaired) electrons. The Kier molecular flexibility index (Phi) is 5.56. The number of amides is 2. The second-order valence-electron chi connectivity index (χ2n) is 7.00. The van der Waals surface area contributed by atoms with E-state index >= 15 is 0 Å². The summed E-state index contributed by atoms with van der Waals surface area (Å²) >= 11 is 1.63. The molecule has 0 aliphatic carbocycles. The predicted octanol–water partition coefficient (Wildman–Crippen LogP) is 2.55. The maximum Gasteiger partial charge on any atom is 0.317 e. The van der Waals surface area contributed by atoms with Crippen LogP contribution < -0.4 is 5.32 Å². The fourth-order valence-corrected chi connectivity index (χ4v) is 3.99. The molecule has 1 aliphatic heterocycles. The van der Waals surface area contributed by atoms with E-state index < -0.39 is 0 Å². The summed E-state index contributed by atoms with van der Waals surface area (Å²) in [7, 11) is 1.81. The summed E-state index contributed by atoms with van der Waals surface area (Å²) < 4.78 is 6.56. The molecule has 1 aromatic carbocycles. The number of ether oxygens (including phenoxy) is 1. The third-order valence-electron chi connectivity index (χ3n) is 4.60. The number of hydrogen-bond acceptors (Lipinski definition) is 5. The van der Waals surface area contributed by atoms with Gasteiger partial charge in [-0.05, 0) is 26.0 Å². The maximum absolute atomic E-state index is 12.4. The molecule has 1 saturated heterocycles. The Labute approximate surface area is 152 Å². The Morgan fingerprint density at radius 3 is 2.80 bits per heavy atom. The molecule has 0 atom stereocenters. The lowest BCUT2D eigenvalue weighted by Crippen LogP contribution is -2.56. The van der Waals surface area contributed by atoms with Crippen molar-refractivity contribution in [2.75, 3.05) is 39.9 Å². The van der Waals surface area contributed by atoms with Crippen molar-refractivity contribution < 1.29 is 9.53 Å². The number of thiazole rings is 1. The maximum atomic E-state index is 12.4. The van der Waals surface area contributed by atoms with E-state index in [0.29, 0.717) is 13.1 Å². The topological polar surface area (TPSA) is 57.7 Å². The standard InChI is InChI=1S/C18H26N4O2S/c1-18(2,22-8-10-24-11-9-22)13-19-17(23)21(3)12-16-20-14-6-4-5-7-15(14)25-16/h4-7H,8-13H2,1-3H3,(H,19,23). The quantitative estimate of drug-likeness (QED) is 0.888. The molecule has 1 aliphatic rings. The molecule has 0 spiro atoms. The van der Waals surface area contributed by atoms with Crippen molar-refractivity contribution >= 4 is 27.6 Å². The van der Waals surface area contributed by atoms with E-state index in [1.807, 2.05) is 25.2 Å². The number of aromatic nitrogens is 1. The van der Waals surface area contributed by atoms with E-state index in [0.717, 1.165) is 41.5 Å². The Morgan fingerprint density at radius 2 is 2.08 bits per heavy atom. The summed E-state index contributed by atoms with van der Waals surface area (Å²) in [6.07, 6.45) is 0. The number of benzene rings is 1. The minimum absolute atomic E-state index is 0.0689. The number of fused-ring (bicyclic) bond motifs is 1. The summed E-state index contributed by atoms with van der Waals surface area (Å²) in [5, 5.41) is 4.01. The first-order chi connectivity index (χ1) is 12.0. The SMILES string of the molecule is CN(Cc1nc2ccccc2s1)C(=O)NCC(C)(C)N1CCOCC1. The predicted molar refractivity (Wildman–Crippen MR) is 101 cm³/mol. The molecular formula is C18H26N4O2S. The zero-order valence-corrected chi connectivity index (χ0v) is 15.9. The number of nitrogens with zero attached hydrogens (tertiary/aromatic N) is 3. The lowest BCUT2D eigenvalue weighted by Gasteiger charge is -2.41. The third kappa shape index (κ3) is 4.48. The Morgan fingerprint density at radius 1 is 1.36 bits per heavy atom. The number of urea groups is 1. The van der Waals surface area contributed by atoms with Crippen LogP contribution in [0.2, 0.25) is 0 Å². The van der Waals surface area contributed by atoms with Gasteiger partial charge in [-0.2, -0.15) is 0 Å². The highest BCUT2D eigenvalue weighted by Gasteiger charge is 2.29. The second kappa shape index (κ2) is 7.68. The number of carbonyl (C=O) groups excluding carboxylic acids is 1. The van der Waals surface area contributed by atoms with Gasteiger partial charge >= 0.3 is 6.03 Å². The monoisotopic (exact) mass is 362 g/mol. The van der Waals surface area contributed by atoms with Gasteiger partial charge in [0.15, 0.2) is 0 Å². The Bertz CT molecular complexity index is 692. The lowest BCUT2D eigenvalue weighted by atomic mass is 10.0. The molecule has 0 unspecified atom stereocenters. The van der Waals surface area contributed by atoms with Crippen LogP contribution in [0.3, 0.4) is 0 Å². The van der Waals surface area contributed by atoms with E-state index in [1.54, 1.807) is 16.2 Å². The van der Waals surface area contributed by atoms with Gasteiger partial charge in [-0.3, -0.25) is 4.90 Å². The summed E-state index contributed by atoms with van der Waals surface area (Å²) in [5.74, 6) is 0. The average molecular weight is 362 g/mol. The van der Waals surface area contributed by atoms with Crippen LogP contribution in [-0.2, 0) is 11.3 Å². The summed E-state index contributed by atoms with van der Waals surface area (Å²) in [5.41, 5.74) is 0.903. The molecule has 2 aromatic rings. The minimum Gasteiger partial charge on any atom is -0.379 e.